The number of pyridine rings is 1. The molecule has 0 radical (unpaired) electrons. The first kappa shape index (κ1) is 8.32. The van der Waals surface area contributed by atoms with E-state index in [-0.39, 0.29) is 11.3 Å². The zero-order valence-electron chi connectivity index (χ0n) is 7.14. The van der Waals surface area contributed by atoms with Crippen molar-refractivity contribution in [2.75, 3.05) is 0 Å². The van der Waals surface area contributed by atoms with E-state index in [4.69, 9.17) is 9.68 Å². The van der Waals surface area contributed by atoms with Crippen LogP contribution < -0.4 is 0 Å². The van der Waals surface area contributed by atoms with Crippen molar-refractivity contribution < 1.29 is 9.52 Å². The van der Waals surface area contributed by atoms with Gasteiger partial charge in [-0.2, -0.15) is 5.26 Å². The second kappa shape index (κ2) is 3.23. The van der Waals surface area contributed by atoms with E-state index in [1.165, 1.54) is 18.5 Å². The first-order valence-corrected chi connectivity index (χ1v) is 3.94. The Morgan fingerprint density at radius 1 is 1.50 bits per heavy atom. The van der Waals surface area contributed by atoms with Crippen molar-refractivity contribution in [2.24, 2.45) is 0 Å². The van der Waals surface area contributed by atoms with E-state index in [2.05, 4.69) is 4.98 Å². The summed E-state index contributed by atoms with van der Waals surface area (Å²) < 4.78 is 5.11. The topological polar surface area (TPSA) is 70.0 Å². The molecular weight excluding hydrogens is 180 g/mol. The Morgan fingerprint density at radius 2 is 2.36 bits per heavy atom. The monoisotopic (exact) mass is 186 g/mol. The molecule has 0 atom stereocenters. The molecule has 0 aliphatic carbocycles. The Morgan fingerprint density at radius 3 is 3.00 bits per heavy atom. The number of aromatic hydroxyl groups is 1. The molecule has 0 aromatic carbocycles. The molecule has 14 heavy (non-hydrogen) atoms. The fraction of sp³-hybridized carbons (Fsp3) is 0. The summed E-state index contributed by atoms with van der Waals surface area (Å²) in [4.78, 5) is 3.93. The van der Waals surface area contributed by atoms with Gasteiger partial charge in [-0.25, -0.2) is 4.98 Å². The predicted octanol–water partition coefficient (Wildman–Crippen LogP) is 1.92. The summed E-state index contributed by atoms with van der Waals surface area (Å²) in [5.74, 6) is 0.448. The van der Waals surface area contributed by atoms with Crippen LogP contribution in [-0.4, -0.2) is 10.1 Å². The fourth-order valence-corrected chi connectivity index (χ4v) is 1.10. The van der Waals surface area contributed by atoms with E-state index < -0.39 is 0 Å². The number of rotatable bonds is 1. The molecule has 0 saturated carbocycles. The highest BCUT2D eigenvalue weighted by Gasteiger charge is 2.06. The third kappa shape index (κ3) is 1.31. The van der Waals surface area contributed by atoms with Gasteiger partial charge in [0.05, 0.1) is 18.0 Å². The lowest BCUT2D eigenvalue weighted by Gasteiger charge is -1.98. The highest BCUT2D eigenvalue weighted by Crippen LogP contribution is 2.22. The average molecular weight is 186 g/mol. The van der Waals surface area contributed by atoms with E-state index in [9.17, 15) is 5.11 Å². The third-order valence-corrected chi connectivity index (χ3v) is 1.78. The molecular formula is C10H6N2O2. The van der Waals surface area contributed by atoms with Crippen molar-refractivity contribution >= 4 is 0 Å². The van der Waals surface area contributed by atoms with Gasteiger partial charge in [-0.15, -0.1) is 0 Å². The zero-order chi connectivity index (χ0) is 9.97. The van der Waals surface area contributed by atoms with Crippen molar-refractivity contribution in [1.29, 1.82) is 5.26 Å². The summed E-state index contributed by atoms with van der Waals surface area (Å²) in [6.07, 6.45) is 2.76. The van der Waals surface area contributed by atoms with E-state index >= 15 is 0 Å². The third-order valence-electron chi connectivity index (χ3n) is 1.78. The van der Waals surface area contributed by atoms with Crippen LogP contribution in [0.2, 0.25) is 0 Å². The maximum absolute atomic E-state index is 9.22. The van der Waals surface area contributed by atoms with Gasteiger partial charge in [0.2, 0.25) is 0 Å². The van der Waals surface area contributed by atoms with Crippen LogP contribution >= 0.6 is 0 Å². The fourth-order valence-electron chi connectivity index (χ4n) is 1.10. The molecule has 68 valence electrons. The lowest BCUT2D eigenvalue weighted by Crippen LogP contribution is -1.84. The van der Waals surface area contributed by atoms with E-state index in [0.29, 0.717) is 11.5 Å². The summed E-state index contributed by atoms with van der Waals surface area (Å²) in [7, 11) is 0. The summed E-state index contributed by atoms with van der Waals surface area (Å²) in [6.45, 7) is 0. The molecule has 2 rings (SSSR count). The Balaban J connectivity index is 2.53. The smallest absolute Gasteiger partial charge is 0.152 e. The van der Waals surface area contributed by atoms with E-state index in [1.54, 1.807) is 12.1 Å². The van der Waals surface area contributed by atoms with Gasteiger partial charge < -0.3 is 9.52 Å². The van der Waals surface area contributed by atoms with Crippen molar-refractivity contribution in [3.8, 4) is 23.3 Å². The molecule has 0 aliphatic heterocycles. The molecule has 4 heteroatoms. The Hall–Kier alpha value is -2.28. The molecule has 1 N–H and O–H groups in total. The summed E-state index contributed by atoms with van der Waals surface area (Å²) in [5.41, 5.74) is 0.718. The summed E-state index contributed by atoms with van der Waals surface area (Å²) in [6, 6.07) is 6.81. The van der Waals surface area contributed by atoms with Crippen LogP contribution in [0.5, 0.6) is 5.75 Å². The van der Waals surface area contributed by atoms with Gasteiger partial charge in [0.1, 0.15) is 11.8 Å². The van der Waals surface area contributed by atoms with Crippen LogP contribution in [0, 0.1) is 11.3 Å². The van der Waals surface area contributed by atoms with Crippen molar-refractivity contribution in [3.05, 3.63) is 36.2 Å². The van der Waals surface area contributed by atoms with Gasteiger partial charge in [-0.1, -0.05) is 0 Å². The second-order valence-corrected chi connectivity index (χ2v) is 2.68. The molecule has 0 unspecified atom stereocenters. The molecule has 2 heterocycles. The molecule has 2 aromatic rings. The Labute approximate surface area is 80.1 Å². The predicted molar refractivity (Wildman–Crippen MR) is 48.3 cm³/mol. The van der Waals surface area contributed by atoms with Crippen LogP contribution in [0.15, 0.2) is 35.1 Å². The lowest BCUT2D eigenvalue weighted by molar-refractivity contribution is 0.471. The van der Waals surface area contributed by atoms with E-state index in [1.807, 2.05) is 6.07 Å². The SMILES string of the molecule is N#Cc1cc(-c2ccco2)ncc1O. The minimum absolute atomic E-state index is 0.122. The number of furan rings is 1. The van der Waals surface area contributed by atoms with Gasteiger partial charge in [0, 0.05) is 0 Å². The van der Waals surface area contributed by atoms with Gasteiger partial charge >= 0.3 is 0 Å². The van der Waals surface area contributed by atoms with Crippen molar-refractivity contribution in [1.82, 2.24) is 4.98 Å². The van der Waals surface area contributed by atoms with Crippen LogP contribution in [-0.2, 0) is 0 Å². The van der Waals surface area contributed by atoms with Crippen LogP contribution in [0.25, 0.3) is 11.5 Å². The molecule has 0 aliphatic rings. The molecule has 0 bridgehead atoms. The standard InChI is InChI=1S/C10H6N2O2/c11-5-7-4-8(12-6-9(7)13)10-2-1-3-14-10/h1-4,6,13H. The minimum atomic E-state index is -0.122. The molecule has 0 saturated heterocycles. The van der Waals surface area contributed by atoms with Crippen LogP contribution in [0.1, 0.15) is 5.56 Å². The molecule has 0 fully saturated rings. The van der Waals surface area contributed by atoms with Gasteiger partial charge in [-0.05, 0) is 18.2 Å². The molecule has 2 aromatic heterocycles. The molecule has 4 nitrogen and oxygen atoms in total. The normalized spacial score (nSPS) is 9.64. The quantitative estimate of drug-likeness (QED) is 0.738. The molecule has 0 spiro atoms. The van der Waals surface area contributed by atoms with Crippen molar-refractivity contribution in [3.63, 3.8) is 0 Å². The first-order chi connectivity index (χ1) is 6.81. The van der Waals surface area contributed by atoms with Crippen molar-refractivity contribution in [2.45, 2.75) is 0 Å². The molecule has 0 amide bonds. The largest absolute Gasteiger partial charge is 0.505 e. The number of nitriles is 1. The van der Waals surface area contributed by atoms with Crippen LogP contribution in [0.4, 0.5) is 0 Å². The van der Waals surface area contributed by atoms with E-state index in [0.717, 1.165) is 0 Å². The maximum atomic E-state index is 9.22. The Kier molecular flexibility index (Phi) is 1.92. The highest BCUT2D eigenvalue weighted by molar-refractivity contribution is 5.57. The second-order valence-electron chi connectivity index (χ2n) is 2.68. The number of nitrogens with zero attached hydrogens (tertiary/aromatic N) is 2. The van der Waals surface area contributed by atoms with Gasteiger partial charge in [0.15, 0.2) is 11.5 Å². The zero-order valence-corrected chi connectivity index (χ0v) is 7.14. The van der Waals surface area contributed by atoms with Gasteiger partial charge in [0.25, 0.3) is 0 Å². The highest BCUT2D eigenvalue weighted by atomic mass is 16.3. The lowest BCUT2D eigenvalue weighted by atomic mass is 10.2. The average Bonchev–Trinajstić information content (AvgIpc) is 2.71. The number of aromatic nitrogens is 1. The minimum Gasteiger partial charge on any atom is -0.505 e. The Bertz CT molecular complexity index is 483. The summed E-state index contributed by atoms with van der Waals surface area (Å²) in [5, 5.41) is 17.9. The van der Waals surface area contributed by atoms with Gasteiger partial charge in [-0.3, -0.25) is 0 Å². The maximum Gasteiger partial charge on any atom is 0.152 e. The summed E-state index contributed by atoms with van der Waals surface area (Å²) >= 11 is 0. The number of hydrogen-bond donors (Lipinski definition) is 1. The van der Waals surface area contributed by atoms with Crippen LogP contribution in [0.3, 0.4) is 0 Å². The first-order valence-electron chi connectivity index (χ1n) is 3.94. The number of hydrogen-bond acceptors (Lipinski definition) is 4.